The van der Waals surface area contributed by atoms with Crippen molar-refractivity contribution in [3.05, 3.63) is 66.5 Å². The van der Waals surface area contributed by atoms with Crippen LogP contribution in [0.25, 0.3) is 44.5 Å². The van der Waals surface area contributed by atoms with E-state index in [0.29, 0.717) is 24.3 Å². The van der Waals surface area contributed by atoms with Gasteiger partial charge in [0.1, 0.15) is 17.8 Å². The van der Waals surface area contributed by atoms with E-state index in [0.717, 1.165) is 64.0 Å². The number of benzene rings is 2. The molecule has 2 fully saturated rings. The number of fused-ring (bicyclic) bond motifs is 2. The number of pyridine rings is 1. The van der Waals surface area contributed by atoms with E-state index in [1.54, 1.807) is 0 Å². The summed E-state index contributed by atoms with van der Waals surface area (Å²) in [5.41, 5.74) is 12.2. The van der Waals surface area contributed by atoms with Gasteiger partial charge in [0.25, 0.3) is 0 Å². The van der Waals surface area contributed by atoms with Crippen molar-refractivity contribution in [3.63, 3.8) is 0 Å². The highest BCUT2D eigenvalue weighted by molar-refractivity contribution is 6.01. The Bertz CT molecular complexity index is 1640. The average molecular weight is 492 g/mol. The van der Waals surface area contributed by atoms with Crippen LogP contribution in [0.5, 0.6) is 0 Å². The summed E-state index contributed by atoms with van der Waals surface area (Å²) in [4.78, 5) is 16.2. The van der Waals surface area contributed by atoms with Crippen LogP contribution in [0.15, 0.2) is 60.9 Å². The molecule has 3 N–H and O–H groups in total. The zero-order valence-electron chi connectivity index (χ0n) is 20.8. The Morgan fingerprint density at radius 3 is 2.57 bits per heavy atom. The second-order valence-electron chi connectivity index (χ2n) is 10.5. The number of aryl methyl sites for hydroxylation is 1. The van der Waals surface area contributed by atoms with Crippen molar-refractivity contribution in [3.8, 4) is 22.5 Å². The van der Waals surface area contributed by atoms with Crippen molar-refractivity contribution >= 4 is 27.8 Å². The lowest BCUT2D eigenvalue weighted by atomic mass is 9.75. The monoisotopic (exact) mass is 491 g/mol. The minimum Gasteiger partial charge on any atom is -0.388 e. The summed E-state index contributed by atoms with van der Waals surface area (Å²) in [7, 11) is 0. The highest BCUT2D eigenvalue weighted by atomic mass is 16.3. The van der Waals surface area contributed by atoms with Crippen LogP contribution in [0.2, 0.25) is 0 Å². The Hall–Kier alpha value is -3.88. The SMILES string of the molecule is Cc1c(-c2nn(C3CC(O)(CN4CCC4)C3)c3ncnc(N)c23)ccc2ccc(-c3ccccc3)nc12. The van der Waals surface area contributed by atoms with Crippen LogP contribution >= 0.6 is 0 Å². The van der Waals surface area contributed by atoms with Crippen LogP contribution in [0, 0.1) is 6.92 Å². The molecule has 5 aromatic rings. The van der Waals surface area contributed by atoms with Crippen LogP contribution in [-0.4, -0.2) is 60.0 Å². The zero-order chi connectivity index (χ0) is 25.1. The predicted octanol–water partition coefficient (Wildman–Crippen LogP) is 4.37. The molecule has 0 spiro atoms. The van der Waals surface area contributed by atoms with Crippen molar-refractivity contribution in [2.75, 3.05) is 25.4 Å². The van der Waals surface area contributed by atoms with E-state index >= 15 is 0 Å². The molecule has 8 nitrogen and oxygen atoms in total. The Balaban J connectivity index is 1.31. The third-order valence-corrected chi connectivity index (χ3v) is 8.00. The summed E-state index contributed by atoms with van der Waals surface area (Å²) < 4.78 is 1.95. The number of hydrogen-bond acceptors (Lipinski definition) is 7. The van der Waals surface area contributed by atoms with Crippen LogP contribution in [-0.2, 0) is 0 Å². The van der Waals surface area contributed by atoms with Gasteiger partial charge in [0, 0.05) is 35.9 Å². The first-order chi connectivity index (χ1) is 18.0. The molecule has 0 bridgehead atoms. The second kappa shape index (κ2) is 8.33. The largest absolute Gasteiger partial charge is 0.388 e. The van der Waals surface area contributed by atoms with E-state index in [-0.39, 0.29) is 6.04 Å². The molecule has 2 aliphatic rings. The molecule has 1 aliphatic heterocycles. The predicted molar refractivity (Wildman–Crippen MR) is 145 cm³/mol. The number of aliphatic hydroxyl groups is 1. The highest BCUT2D eigenvalue weighted by Gasteiger charge is 2.46. The van der Waals surface area contributed by atoms with Crippen LogP contribution in [0.1, 0.15) is 30.9 Å². The lowest BCUT2D eigenvalue weighted by Gasteiger charge is -2.47. The first-order valence-corrected chi connectivity index (χ1v) is 12.9. The Labute approximate surface area is 214 Å². The van der Waals surface area contributed by atoms with Crippen molar-refractivity contribution < 1.29 is 5.11 Å². The third kappa shape index (κ3) is 3.67. The molecule has 37 heavy (non-hydrogen) atoms. The normalized spacial score (nSPS) is 21.7. The maximum atomic E-state index is 11.1. The van der Waals surface area contributed by atoms with Gasteiger partial charge >= 0.3 is 0 Å². The molecule has 4 heterocycles. The maximum absolute atomic E-state index is 11.1. The van der Waals surface area contributed by atoms with Gasteiger partial charge in [-0.3, -0.25) is 0 Å². The molecule has 0 atom stereocenters. The average Bonchev–Trinajstić information content (AvgIpc) is 3.26. The van der Waals surface area contributed by atoms with E-state index < -0.39 is 5.60 Å². The Morgan fingerprint density at radius 2 is 1.81 bits per heavy atom. The van der Waals surface area contributed by atoms with Gasteiger partial charge in [-0.25, -0.2) is 19.6 Å². The summed E-state index contributed by atoms with van der Waals surface area (Å²) in [6, 6.07) is 18.6. The molecule has 0 amide bonds. The van der Waals surface area contributed by atoms with Crippen LogP contribution in [0.3, 0.4) is 0 Å². The van der Waals surface area contributed by atoms with Crippen molar-refractivity contribution in [2.24, 2.45) is 0 Å². The van der Waals surface area contributed by atoms with E-state index in [1.807, 2.05) is 22.9 Å². The summed E-state index contributed by atoms with van der Waals surface area (Å²) in [6.45, 7) is 4.96. The van der Waals surface area contributed by atoms with Gasteiger partial charge in [0.15, 0.2) is 5.65 Å². The van der Waals surface area contributed by atoms with Gasteiger partial charge in [-0.1, -0.05) is 48.5 Å². The number of β-amino-alcohol motifs (C(OH)–C–C–N with tert-alkyl or cyclic N) is 1. The van der Waals surface area contributed by atoms with Gasteiger partial charge in [0.2, 0.25) is 0 Å². The number of nitrogens with zero attached hydrogens (tertiary/aromatic N) is 6. The van der Waals surface area contributed by atoms with Crippen LogP contribution < -0.4 is 5.73 Å². The lowest BCUT2D eigenvalue weighted by Crippen LogP contribution is -2.55. The van der Waals surface area contributed by atoms with Crippen LogP contribution in [0.4, 0.5) is 5.82 Å². The van der Waals surface area contributed by atoms with Crippen molar-refractivity contribution in [1.82, 2.24) is 29.6 Å². The summed E-state index contributed by atoms with van der Waals surface area (Å²) in [5, 5.41) is 17.9. The van der Waals surface area contributed by atoms with E-state index in [4.69, 9.17) is 15.8 Å². The third-order valence-electron chi connectivity index (χ3n) is 8.00. The first kappa shape index (κ1) is 22.3. The summed E-state index contributed by atoms with van der Waals surface area (Å²) in [5.74, 6) is 0.409. The number of aromatic nitrogens is 5. The fraction of sp³-hybridized carbons (Fsp3) is 0.310. The maximum Gasteiger partial charge on any atom is 0.164 e. The molecule has 2 aromatic carbocycles. The zero-order valence-corrected chi connectivity index (χ0v) is 20.8. The Kier molecular flexibility index (Phi) is 5.02. The minimum atomic E-state index is -0.668. The number of nitrogens with two attached hydrogens (primary N) is 1. The molecule has 7 rings (SSSR count). The molecule has 1 saturated heterocycles. The van der Waals surface area contributed by atoms with Gasteiger partial charge < -0.3 is 15.7 Å². The van der Waals surface area contributed by atoms with Gasteiger partial charge in [0.05, 0.1) is 28.2 Å². The molecule has 3 aromatic heterocycles. The number of rotatable bonds is 5. The quantitative estimate of drug-likeness (QED) is 0.376. The molecular weight excluding hydrogens is 462 g/mol. The standard InChI is InChI=1S/C29H29N7O/c1-18-22(10-8-20-9-11-23(33-25(18)20)19-6-3-2-4-7-19)26-24-27(30)31-17-32-28(24)36(34-26)21-14-29(37,15-21)16-35-12-5-13-35/h2-4,6-11,17,21,37H,5,12-16H2,1H3,(H2,30,31,32). The second-order valence-corrected chi connectivity index (χ2v) is 10.5. The fourth-order valence-electron chi connectivity index (χ4n) is 5.87. The van der Waals surface area contributed by atoms with Crippen molar-refractivity contribution in [1.29, 1.82) is 0 Å². The van der Waals surface area contributed by atoms with Gasteiger partial charge in [-0.05, 0) is 38.1 Å². The number of anilines is 1. The number of hydrogen-bond donors (Lipinski definition) is 2. The minimum absolute atomic E-state index is 0.0698. The number of nitrogen functional groups attached to an aromatic ring is 1. The van der Waals surface area contributed by atoms with E-state index in [1.165, 1.54) is 12.7 Å². The summed E-state index contributed by atoms with van der Waals surface area (Å²) >= 11 is 0. The van der Waals surface area contributed by atoms with Gasteiger partial charge in [-0.15, -0.1) is 0 Å². The Morgan fingerprint density at radius 1 is 1.03 bits per heavy atom. The van der Waals surface area contributed by atoms with Gasteiger partial charge in [-0.2, -0.15) is 5.10 Å². The van der Waals surface area contributed by atoms with E-state index in [2.05, 4.69) is 58.2 Å². The van der Waals surface area contributed by atoms with E-state index in [9.17, 15) is 5.11 Å². The molecule has 1 saturated carbocycles. The highest BCUT2D eigenvalue weighted by Crippen LogP contribution is 2.45. The molecule has 0 radical (unpaired) electrons. The first-order valence-electron chi connectivity index (χ1n) is 12.9. The summed E-state index contributed by atoms with van der Waals surface area (Å²) in [6.07, 6.45) is 4.02. The molecule has 1 aliphatic carbocycles. The fourth-order valence-corrected chi connectivity index (χ4v) is 5.87. The topological polar surface area (TPSA) is 106 Å². The lowest BCUT2D eigenvalue weighted by molar-refractivity contribution is -0.0980. The molecule has 0 unspecified atom stereocenters. The molecule has 8 heteroatoms. The molecular formula is C29H29N7O. The smallest absolute Gasteiger partial charge is 0.164 e. The molecule has 186 valence electrons. The van der Waals surface area contributed by atoms with Crippen molar-refractivity contribution in [2.45, 2.75) is 37.8 Å². The number of likely N-dealkylation sites (tertiary alicyclic amines) is 1.